The SMILES string of the molecule is CCC(C)(O)CNS(=O)(=O)c1ccc(F)c(C(=O)O)c1. The molecule has 0 bridgehead atoms. The van der Waals surface area contributed by atoms with Crippen molar-refractivity contribution in [3.05, 3.63) is 29.6 Å². The second-order valence-electron chi connectivity index (χ2n) is 4.62. The summed E-state index contributed by atoms with van der Waals surface area (Å²) in [5, 5.41) is 18.5. The summed E-state index contributed by atoms with van der Waals surface area (Å²) in [6.07, 6.45) is 0.333. The van der Waals surface area contributed by atoms with E-state index in [-0.39, 0.29) is 11.4 Å². The standard InChI is InChI=1S/C12H16FNO5S/c1-3-12(2,17)7-14-20(18,19)8-4-5-10(13)9(6-8)11(15)16/h4-6,14,17H,3,7H2,1-2H3,(H,15,16). The molecule has 8 heteroatoms. The molecule has 20 heavy (non-hydrogen) atoms. The van der Waals surface area contributed by atoms with Crippen LogP contribution in [0.25, 0.3) is 0 Å². The van der Waals surface area contributed by atoms with Gasteiger partial charge in [0.25, 0.3) is 0 Å². The Hall–Kier alpha value is -1.51. The second kappa shape index (κ2) is 5.86. The van der Waals surface area contributed by atoms with Crippen molar-refractivity contribution in [3.8, 4) is 0 Å². The number of carboxylic acids is 1. The fourth-order valence-electron chi connectivity index (χ4n) is 1.29. The molecule has 0 fully saturated rings. The average Bonchev–Trinajstić information content (AvgIpc) is 2.36. The predicted molar refractivity (Wildman–Crippen MR) is 69.5 cm³/mol. The Kier molecular flexibility index (Phi) is 4.85. The van der Waals surface area contributed by atoms with Crippen molar-refractivity contribution >= 4 is 16.0 Å². The second-order valence-corrected chi connectivity index (χ2v) is 6.39. The summed E-state index contributed by atoms with van der Waals surface area (Å²) in [4.78, 5) is 10.4. The molecule has 1 aromatic rings. The van der Waals surface area contributed by atoms with Crippen molar-refractivity contribution in [3.63, 3.8) is 0 Å². The zero-order valence-electron chi connectivity index (χ0n) is 11.1. The highest BCUT2D eigenvalue weighted by Crippen LogP contribution is 2.16. The Bertz CT molecular complexity index is 612. The molecule has 6 nitrogen and oxygen atoms in total. The lowest BCUT2D eigenvalue weighted by atomic mass is 10.1. The fourth-order valence-corrected chi connectivity index (χ4v) is 2.48. The smallest absolute Gasteiger partial charge is 0.338 e. The third-order valence-corrected chi connectivity index (χ3v) is 4.28. The summed E-state index contributed by atoms with van der Waals surface area (Å²) in [5.74, 6) is -2.57. The minimum absolute atomic E-state index is 0.231. The van der Waals surface area contributed by atoms with E-state index < -0.39 is 33.0 Å². The number of rotatable bonds is 6. The third-order valence-electron chi connectivity index (χ3n) is 2.88. The van der Waals surface area contributed by atoms with Gasteiger partial charge in [-0.05, 0) is 31.5 Å². The number of halogens is 1. The molecule has 0 spiro atoms. The molecule has 0 aromatic heterocycles. The molecule has 0 saturated heterocycles. The maximum absolute atomic E-state index is 13.2. The fraction of sp³-hybridized carbons (Fsp3) is 0.417. The van der Waals surface area contributed by atoms with E-state index in [9.17, 15) is 22.7 Å². The Morgan fingerprint density at radius 1 is 1.45 bits per heavy atom. The first-order valence-corrected chi connectivity index (χ1v) is 7.32. The van der Waals surface area contributed by atoms with Crippen molar-refractivity contribution in [1.29, 1.82) is 0 Å². The van der Waals surface area contributed by atoms with Gasteiger partial charge in [-0.3, -0.25) is 0 Å². The monoisotopic (exact) mass is 305 g/mol. The number of hydrogen-bond acceptors (Lipinski definition) is 4. The number of hydrogen-bond donors (Lipinski definition) is 3. The van der Waals surface area contributed by atoms with Crippen LogP contribution in [0.2, 0.25) is 0 Å². The molecule has 0 aliphatic heterocycles. The van der Waals surface area contributed by atoms with E-state index in [2.05, 4.69) is 4.72 Å². The number of aromatic carboxylic acids is 1. The van der Waals surface area contributed by atoms with Crippen LogP contribution in [0, 0.1) is 5.82 Å². The molecular weight excluding hydrogens is 289 g/mol. The highest BCUT2D eigenvalue weighted by Gasteiger charge is 2.23. The zero-order chi connectivity index (χ0) is 15.6. The molecule has 0 saturated carbocycles. The molecule has 3 N–H and O–H groups in total. The van der Waals surface area contributed by atoms with Crippen molar-refractivity contribution in [1.82, 2.24) is 4.72 Å². The highest BCUT2D eigenvalue weighted by molar-refractivity contribution is 7.89. The van der Waals surface area contributed by atoms with Crippen LogP contribution in [0.15, 0.2) is 23.1 Å². The molecule has 1 rings (SSSR count). The maximum Gasteiger partial charge on any atom is 0.338 e. The van der Waals surface area contributed by atoms with Crippen molar-refractivity contribution in [2.24, 2.45) is 0 Å². The van der Waals surface area contributed by atoms with Gasteiger partial charge in [0.2, 0.25) is 10.0 Å². The molecular formula is C12H16FNO5S. The van der Waals surface area contributed by atoms with E-state index in [1.807, 2.05) is 0 Å². The van der Waals surface area contributed by atoms with Crippen LogP contribution in [0.3, 0.4) is 0 Å². The number of carboxylic acid groups (broad SMARTS) is 1. The van der Waals surface area contributed by atoms with Crippen LogP contribution in [-0.2, 0) is 10.0 Å². The lowest BCUT2D eigenvalue weighted by Crippen LogP contribution is -2.40. The van der Waals surface area contributed by atoms with E-state index in [1.54, 1.807) is 6.92 Å². The van der Waals surface area contributed by atoms with E-state index in [0.717, 1.165) is 18.2 Å². The molecule has 0 heterocycles. The maximum atomic E-state index is 13.2. The van der Waals surface area contributed by atoms with Crippen molar-refractivity contribution in [2.75, 3.05) is 6.54 Å². The van der Waals surface area contributed by atoms with Gasteiger partial charge in [-0.2, -0.15) is 0 Å². The van der Waals surface area contributed by atoms with Crippen molar-refractivity contribution < 1.29 is 27.8 Å². The Balaban J connectivity index is 3.05. The van der Waals surface area contributed by atoms with E-state index in [1.165, 1.54) is 6.92 Å². The summed E-state index contributed by atoms with van der Waals surface area (Å²) in [6, 6.07) is 2.47. The van der Waals surface area contributed by atoms with Crippen LogP contribution in [0.4, 0.5) is 4.39 Å². The van der Waals surface area contributed by atoms with Crippen LogP contribution >= 0.6 is 0 Å². The summed E-state index contributed by atoms with van der Waals surface area (Å²) in [5.41, 5.74) is -1.95. The number of benzene rings is 1. The molecule has 0 amide bonds. The largest absolute Gasteiger partial charge is 0.478 e. The summed E-state index contributed by atoms with van der Waals surface area (Å²) in [6.45, 7) is 2.92. The summed E-state index contributed by atoms with van der Waals surface area (Å²) >= 11 is 0. The number of sulfonamides is 1. The first-order chi connectivity index (χ1) is 9.09. The number of carbonyl (C=O) groups is 1. The third kappa shape index (κ3) is 3.99. The molecule has 1 aromatic carbocycles. The Labute approximate surface area is 116 Å². The van der Waals surface area contributed by atoms with Crippen LogP contribution < -0.4 is 4.72 Å². The van der Waals surface area contributed by atoms with Gasteiger partial charge < -0.3 is 10.2 Å². The summed E-state index contributed by atoms with van der Waals surface area (Å²) in [7, 11) is -4.02. The molecule has 0 radical (unpaired) electrons. The lowest BCUT2D eigenvalue weighted by Gasteiger charge is -2.21. The Morgan fingerprint density at radius 3 is 2.55 bits per heavy atom. The number of aliphatic hydroxyl groups is 1. The molecule has 1 atom stereocenters. The minimum atomic E-state index is -4.02. The van der Waals surface area contributed by atoms with Gasteiger partial charge in [-0.1, -0.05) is 6.92 Å². The van der Waals surface area contributed by atoms with Crippen LogP contribution in [0.5, 0.6) is 0 Å². The molecule has 0 aliphatic carbocycles. The van der Waals surface area contributed by atoms with Gasteiger partial charge in [-0.15, -0.1) is 0 Å². The molecule has 112 valence electrons. The minimum Gasteiger partial charge on any atom is -0.478 e. The highest BCUT2D eigenvalue weighted by atomic mass is 32.2. The van der Waals surface area contributed by atoms with Crippen LogP contribution in [-0.4, -0.2) is 36.7 Å². The van der Waals surface area contributed by atoms with Gasteiger partial charge in [0.1, 0.15) is 5.82 Å². The van der Waals surface area contributed by atoms with Crippen molar-refractivity contribution in [2.45, 2.75) is 30.8 Å². The van der Waals surface area contributed by atoms with Gasteiger partial charge in [0.15, 0.2) is 0 Å². The molecule has 0 aliphatic rings. The average molecular weight is 305 g/mol. The van der Waals surface area contributed by atoms with Crippen LogP contribution in [0.1, 0.15) is 30.6 Å². The molecule has 1 unspecified atom stereocenters. The lowest BCUT2D eigenvalue weighted by molar-refractivity contribution is 0.0612. The van der Waals surface area contributed by atoms with Gasteiger partial charge in [-0.25, -0.2) is 22.3 Å². The number of nitrogens with one attached hydrogen (secondary N) is 1. The zero-order valence-corrected chi connectivity index (χ0v) is 11.9. The predicted octanol–water partition coefficient (Wildman–Crippen LogP) is 0.963. The van der Waals surface area contributed by atoms with Gasteiger partial charge in [0.05, 0.1) is 16.1 Å². The topological polar surface area (TPSA) is 104 Å². The summed E-state index contributed by atoms with van der Waals surface area (Å²) < 4.78 is 39.2. The first-order valence-electron chi connectivity index (χ1n) is 5.84. The normalized spacial score (nSPS) is 14.8. The quantitative estimate of drug-likeness (QED) is 0.726. The van der Waals surface area contributed by atoms with E-state index in [4.69, 9.17) is 5.11 Å². The van der Waals surface area contributed by atoms with E-state index >= 15 is 0 Å². The van der Waals surface area contributed by atoms with Gasteiger partial charge in [0, 0.05) is 6.54 Å². The Morgan fingerprint density at radius 2 is 2.05 bits per heavy atom. The first kappa shape index (κ1) is 16.5. The van der Waals surface area contributed by atoms with E-state index in [0.29, 0.717) is 6.42 Å². The van der Waals surface area contributed by atoms with Gasteiger partial charge >= 0.3 is 5.97 Å².